The van der Waals surface area contributed by atoms with E-state index in [1.54, 1.807) is 18.2 Å². The number of azide groups is 1. The first-order valence-corrected chi connectivity index (χ1v) is 6.33. The smallest absolute Gasteiger partial charge is 0.258 e. The second kappa shape index (κ2) is 5.48. The standard InChI is InChI=1S/C15H11N5O/c1-10-5-2-3-8-13(10)14-17-15(21-19-14)11-6-4-7-12(9-11)18-20-16/h2-9H,1H3. The summed E-state index contributed by atoms with van der Waals surface area (Å²) < 4.78 is 5.30. The molecule has 21 heavy (non-hydrogen) atoms. The van der Waals surface area contributed by atoms with E-state index in [1.807, 2.05) is 37.3 Å². The summed E-state index contributed by atoms with van der Waals surface area (Å²) in [6.45, 7) is 1.99. The van der Waals surface area contributed by atoms with E-state index in [0.29, 0.717) is 23.0 Å². The van der Waals surface area contributed by atoms with Gasteiger partial charge in [0, 0.05) is 21.7 Å². The molecule has 0 aliphatic heterocycles. The molecule has 6 nitrogen and oxygen atoms in total. The first-order valence-electron chi connectivity index (χ1n) is 6.33. The Hall–Kier alpha value is -3.11. The summed E-state index contributed by atoms with van der Waals surface area (Å²) in [5, 5.41) is 7.57. The molecule has 0 saturated heterocycles. The van der Waals surface area contributed by atoms with Crippen LogP contribution in [0.15, 0.2) is 58.2 Å². The zero-order valence-corrected chi connectivity index (χ0v) is 11.3. The Morgan fingerprint density at radius 3 is 2.81 bits per heavy atom. The molecule has 0 saturated carbocycles. The third kappa shape index (κ3) is 2.61. The number of aryl methyl sites for hydroxylation is 1. The fourth-order valence-electron chi connectivity index (χ4n) is 2.03. The van der Waals surface area contributed by atoms with Gasteiger partial charge in [-0.3, -0.25) is 0 Å². The van der Waals surface area contributed by atoms with Crippen molar-refractivity contribution in [2.24, 2.45) is 5.11 Å². The third-order valence-corrected chi connectivity index (χ3v) is 3.07. The summed E-state index contributed by atoms with van der Waals surface area (Å²) in [5.41, 5.74) is 11.7. The monoisotopic (exact) mass is 277 g/mol. The molecule has 0 unspecified atom stereocenters. The zero-order chi connectivity index (χ0) is 14.7. The van der Waals surface area contributed by atoms with E-state index in [9.17, 15) is 0 Å². The molecular formula is C15H11N5O. The van der Waals surface area contributed by atoms with Gasteiger partial charge in [-0.2, -0.15) is 4.98 Å². The van der Waals surface area contributed by atoms with Crippen molar-refractivity contribution in [1.29, 1.82) is 0 Å². The van der Waals surface area contributed by atoms with Crippen LogP contribution < -0.4 is 0 Å². The highest BCUT2D eigenvalue weighted by molar-refractivity contribution is 5.64. The topological polar surface area (TPSA) is 87.7 Å². The average molecular weight is 277 g/mol. The van der Waals surface area contributed by atoms with Gasteiger partial charge in [-0.25, -0.2) is 0 Å². The fourth-order valence-corrected chi connectivity index (χ4v) is 2.03. The number of benzene rings is 2. The molecule has 1 aromatic heterocycles. The van der Waals surface area contributed by atoms with Crippen LogP contribution in [0.3, 0.4) is 0 Å². The normalized spacial score (nSPS) is 10.1. The van der Waals surface area contributed by atoms with Crippen molar-refractivity contribution in [1.82, 2.24) is 10.1 Å². The van der Waals surface area contributed by atoms with E-state index in [2.05, 4.69) is 20.2 Å². The summed E-state index contributed by atoms with van der Waals surface area (Å²) in [5.74, 6) is 0.931. The van der Waals surface area contributed by atoms with Gasteiger partial charge < -0.3 is 4.52 Å². The Kier molecular flexibility index (Phi) is 3.37. The molecule has 0 spiro atoms. The Labute approximate surface area is 120 Å². The van der Waals surface area contributed by atoms with Gasteiger partial charge in [0.05, 0.1) is 0 Å². The molecule has 0 fully saturated rings. The van der Waals surface area contributed by atoms with Crippen LogP contribution in [0.25, 0.3) is 33.3 Å². The molecule has 6 heteroatoms. The van der Waals surface area contributed by atoms with Crippen molar-refractivity contribution in [3.8, 4) is 22.8 Å². The Morgan fingerprint density at radius 1 is 1.14 bits per heavy atom. The molecule has 2 aromatic carbocycles. The molecule has 0 atom stereocenters. The number of nitrogens with zero attached hydrogens (tertiary/aromatic N) is 5. The zero-order valence-electron chi connectivity index (χ0n) is 11.3. The fraction of sp³-hybridized carbons (Fsp3) is 0.0667. The van der Waals surface area contributed by atoms with Crippen LogP contribution in [0, 0.1) is 6.92 Å². The molecule has 0 aliphatic rings. The van der Waals surface area contributed by atoms with Crippen LogP contribution in [0.2, 0.25) is 0 Å². The van der Waals surface area contributed by atoms with Crippen LogP contribution in [-0.2, 0) is 0 Å². The van der Waals surface area contributed by atoms with Gasteiger partial charge in [0.1, 0.15) is 0 Å². The highest BCUT2D eigenvalue weighted by atomic mass is 16.5. The third-order valence-electron chi connectivity index (χ3n) is 3.07. The minimum absolute atomic E-state index is 0.392. The van der Waals surface area contributed by atoms with E-state index < -0.39 is 0 Å². The second-order valence-corrected chi connectivity index (χ2v) is 4.48. The van der Waals surface area contributed by atoms with Gasteiger partial charge in [-0.1, -0.05) is 46.7 Å². The van der Waals surface area contributed by atoms with Gasteiger partial charge >= 0.3 is 0 Å². The molecule has 3 aromatic rings. The molecule has 3 rings (SSSR count). The van der Waals surface area contributed by atoms with Crippen molar-refractivity contribution in [2.75, 3.05) is 0 Å². The SMILES string of the molecule is Cc1ccccc1-c1noc(-c2cccc(N=[N+]=[N-])c2)n1. The molecule has 0 N–H and O–H groups in total. The van der Waals surface area contributed by atoms with Crippen molar-refractivity contribution in [3.63, 3.8) is 0 Å². The minimum Gasteiger partial charge on any atom is -0.334 e. The molecule has 0 aliphatic carbocycles. The molecule has 1 heterocycles. The summed E-state index contributed by atoms with van der Waals surface area (Å²) in [6.07, 6.45) is 0. The maximum Gasteiger partial charge on any atom is 0.258 e. The van der Waals surface area contributed by atoms with Gasteiger partial charge in [-0.05, 0) is 30.2 Å². The van der Waals surface area contributed by atoms with Gasteiger partial charge in [0.2, 0.25) is 5.82 Å². The van der Waals surface area contributed by atoms with E-state index in [0.717, 1.165) is 11.1 Å². The summed E-state index contributed by atoms with van der Waals surface area (Å²) in [7, 11) is 0. The predicted molar refractivity (Wildman–Crippen MR) is 78.7 cm³/mol. The van der Waals surface area contributed by atoms with Crippen LogP contribution in [-0.4, -0.2) is 10.1 Å². The highest BCUT2D eigenvalue weighted by Gasteiger charge is 2.12. The first kappa shape index (κ1) is 12.9. The Morgan fingerprint density at radius 2 is 2.00 bits per heavy atom. The number of aromatic nitrogens is 2. The molecule has 0 radical (unpaired) electrons. The molecule has 0 bridgehead atoms. The van der Waals surface area contributed by atoms with Crippen molar-refractivity contribution in [3.05, 3.63) is 64.5 Å². The van der Waals surface area contributed by atoms with E-state index in [4.69, 9.17) is 10.1 Å². The second-order valence-electron chi connectivity index (χ2n) is 4.48. The van der Waals surface area contributed by atoms with E-state index in [1.165, 1.54) is 0 Å². The van der Waals surface area contributed by atoms with E-state index in [-0.39, 0.29) is 0 Å². The van der Waals surface area contributed by atoms with Gasteiger partial charge in [-0.15, -0.1) is 0 Å². The quantitative estimate of drug-likeness (QED) is 0.396. The average Bonchev–Trinajstić information content (AvgIpc) is 2.98. The lowest BCUT2D eigenvalue weighted by Crippen LogP contribution is -1.84. The lowest BCUT2D eigenvalue weighted by molar-refractivity contribution is 0.432. The minimum atomic E-state index is 0.392. The largest absolute Gasteiger partial charge is 0.334 e. The predicted octanol–water partition coefficient (Wildman–Crippen LogP) is 4.65. The van der Waals surface area contributed by atoms with Crippen molar-refractivity contribution >= 4 is 5.69 Å². The summed E-state index contributed by atoms with van der Waals surface area (Å²) >= 11 is 0. The van der Waals surface area contributed by atoms with Crippen LogP contribution >= 0.6 is 0 Å². The van der Waals surface area contributed by atoms with Crippen LogP contribution in [0.1, 0.15) is 5.56 Å². The molecule has 0 amide bonds. The van der Waals surface area contributed by atoms with E-state index >= 15 is 0 Å². The van der Waals surface area contributed by atoms with Gasteiger partial charge in [0.15, 0.2) is 0 Å². The lowest BCUT2D eigenvalue weighted by Gasteiger charge is -1.98. The number of hydrogen-bond donors (Lipinski definition) is 0. The van der Waals surface area contributed by atoms with Gasteiger partial charge in [0.25, 0.3) is 5.89 Å². The summed E-state index contributed by atoms with van der Waals surface area (Å²) in [4.78, 5) is 7.16. The summed E-state index contributed by atoms with van der Waals surface area (Å²) in [6, 6.07) is 14.8. The maximum atomic E-state index is 8.47. The lowest BCUT2D eigenvalue weighted by atomic mass is 10.1. The van der Waals surface area contributed by atoms with Crippen molar-refractivity contribution < 1.29 is 4.52 Å². The Balaban J connectivity index is 2.01. The van der Waals surface area contributed by atoms with Crippen LogP contribution in [0.4, 0.5) is 5.69 Å². The number of hydrogen-bond acceptors (Lipinski definition) is 4. The Bertz CT molecular complexity index is 833. The molecule has 102 valence electrons. The van der Waals surface area contributed by atoms with Crippen molar-refractivity contribution in [2.45, 2.75) is 6.92 Å². The van der Waals surface area contributed by atoms with Crippen LogP contribution in [0.5, 0.6) is 0 Å². The highest BCUT2D eigenvalue weighted by Crippen LogP contribution is 2.26. The number of rotatable bonds is 3. The molecular weight excluding hydrogens is 266 g/mol. The maximum absolute atomic E-state index is 8.47. The first-order chi connectivity index (χ1) is 10.3.